The fourth-order valence-electron chi connectivity index (χ4n) is 3.17. The summed E-state index contributed by atoms with van der Waals surface area (Å²) in [5, 5.41) is 10.0. The fraction of sp³-hybridized carbons (Fsp3) is 0.421. The van der Waals surface area contributed by atoms with E-state index in [1.165, 1.54) is 0 Å². The Hall–Kier alpha value is -2.83. The highest BCUT2D eigenvalue weighted by Gasteiger charge is 2.19. The number of likely N-dealkylation sites (tertiary alicyclic amines) is 1. The molecule has 26 heavy (non-hydrogen) atoms. The SMILES string of the molecule is C[C@H](c1ccccc1)n1nccc1NC(=O)NCCCN1CCCC1=O. The zero-order valence-electron chi connectivity index (χ0n) is 15.0. The minimum absolute atomic E-state index is 0.0164. The number of hydrogen-bond acceptors (Lipinski definition) is 3. The fourth-order valence-corrected chi connectivity index (χ4v) is 3.17. The molecule has 1 aromatic carbocycles. The maximum atomic E-state index is 12.1. The van der Waals surface area contributed by atoms with E-state index in [0.29, 0.717) is 25.3 Å². The summed E-state index contributed by atoms with van der Waals surface area (Å²) < 4.78 is 1.79. The van der Waals surface area contributed by atoms with E-state index in [-0.39, 0.29) is 18.0 Å². The van der Waals surface area contributed by atoms with Crippen LogP contribution in [0.5, 0.6) is 0 Å². The Morgan fingerprint density at radius 3 is 2.81 bits per heavy atom. The molecule has 0 radical (unpaired) electrons. The molecule has 2 aromatic rings. The van der Waals surface area contributed by atoms with Gasteiger partial charge in [0, 0.05) is 32.1 Å². The Kier molecular flexibility index (Phi) is 5.88. The zero-order valence-corrected chi connectivity index (χ0v) is 15.0. The predicted octanol–water partition coefficient (Wildman–Crippen LogP) is 2.63. The Labute approximate surface area is 153 Å². The highest BCUT2D eigenvalue weighted by atomic mass is 16.2. The second-order valence-corrected chi connectivity index (χ2v) is 6.47. The number of aromatic nitrogens is 2. The van der Waals surface area contributed by atoms with Crippen molar-refractivity contribution in [2.45, 2.75) is 32.2 Å². The van der Waals surface area contributed by atoms with E-state index in [1.807, 2.05) is 42.2 Å². The van der Waals surface area contributed by atoms with Gasteiger partial charge in [-0.2, -0.15) is 5.10 Å². The summed E-state index contributed by atoms with van der Waals surface area (Å²) in [6.45, 7) is 4.10. The molecule has 2 heterocycles. The molecular formula is C19H25N5O2. The highest BCUT2D eigenvalue weighted by molar-refractivity contribution is 5.88. The molecule has 1 saturated heterocycles. The number of urea groups is 1. The maximum absolute atomic E-state index is 12.1. The van der Waals surface area contributed by atoms with E-state index in [2.05, 4.69) is 15.7 Å². The minimum atomic E-state index is -0.264. The third-order valence-corrected chi connectivity index (χ3v) is 4.62. The average molecular weight is 355 g/mol. The summed E-state index contributed by atoms with van der Waals surface area (Å²) in [6.07, 6.45) is 4.01. The number of rotatable bonds is 7. The van der Waals surface area contributed by atoms with Crippen molar-refractivity contribution in [3.63, 3.8) is 0 Å². The number of hydrogen-bond donors (Lipinski definition) is 2. The van der Waals surface area contributed by atoms with E-state index in [9.17, 15) is 9.59 Å². The zero-order chi connectivity index (χ0) is 18.4. The summed E-state index contributed by atoms with van der Waals surface area (Å²) in [5.74, 6) is 0.863. The molecule has 138 valence electrons. The molecule has 0 aliphatic carbocycles. The molecular weight excluding hydrogens is 330 g/mol. The van der Waals surface area contributed by atoms with Gasteiger partial charge >= 0.3 is 6.03 Å². The lowest BCUT2D eigenvalue weighted by Crippen LogP contribution is -2.33. The van der Waals surface area contributed by atoms with E-state index >= 15 is 0 Å². The summed E-state index contributed by atoms with van der Waals surface area (Å²) in [6, 6.07) is 11.6. The third-order valence-electron chi connectivity index (χ3n) is 4.62. The van der Waals surface area contributed by atoms with Crippen molar-refractivity contribution < 1.29 is 9.59 Å². The van der Waals surface area contributed by atoms with Crippen molar-refractivity contribution in [3.05, 3.63) is 48.2 Å². The second kappa shape index (κ2) is 8.51. The maximum Gasteiger partial charge on any atom is 0.320 e. The number of nitrogens with one attached hydrogen (secondary N) is 2. The van der Waals surface area contributed by atoms with E-state index in [0.717, 1.165) is 24.9 Å². The molecule has 0 spiro atoms. The lowest BCUT2D eigenvalue weighted by atomic mass is 10.1. The van der Waals surface area contributed by atoms with Crippen LogP contribution in [0.15, 0.2) is 42.6 Å². The van der Waals surface area contributed by atoms with Gasteiger partial charge in [-0.15, -0.1) is 0 Å². The van der Waals surface area contributed by atoms with Crippen molar-refractivity contribution in [1.29, 1.82) is 0 Å². The summed E-state index contributed by atoms with van der Waals surface area (Å²) in [5.41, 5.74) is 1.12. The van der Waals surface area contributed by atoms with E-state index in [1.54, 1.807) is 16.9 Å². The third kappa shape index (κ3) is 4.41. The number of benzene rings is 1. The normalized spacial score (nSPS) is 15.1. The van der Waals surface area contributed by atoms with Gasteiger partial charge in [-0.1, -0.05) is 30.3 Å². The quantitative estimate of drug-likeness (QED) is 0.750. The first-order chi connectivity index (χ1) is 12.6. The number of anilines is 1. The molecule has 0 unspecified atom stereocenters. The van der Waals surface area contributed by atoms with Crippen LogP contribution < -0.4 is 10.6 Å². The molecule has 0 saturated carbocycles. The first-order valence-electron chi connectivity index (χ1n) is 9.06. The molecule has 1 fully saturated rings. The molecule has 7 heteroatoms. The van der Waals surface area contributed by atoms with Gasteiger partial charge in [0.1, 0.15) is 5.82 Å². The van der Waals surface area contributed by atoms with Crippen molar-refractivity contribution >= 4 is 17.8 Å². The lowest BCUT2D eigenvalue weighted by molar-refractivity contribution is -0.127. The molecule has 3 rings (SSSR count). The number of carbonyl (C=O) groups is 2. The van der Waals surface area contributed by atoms with Crippen molar-refractivity contribution in [2.75, 3.05) is 25.0 Å². The molecule has 0 bridgehead atoms. The Balaban J connectivity index is 1.47. The van der Waals surface area contributed by atoms with Gasteiger partial charge in [0.25, 0.3) is 0 Å². The smallest absolute Gasteiger partial charge is 0.320 e. The topological polar surface area (TPSA) is 79.3 Å². The Bertz CT molecular complexity index is 743. The number of amides is 3. The van der Waals surface area contributed by atoms with Crippen LogP contribution in [-0.2, 0) is 4.79 Å². The van der Waals surface area contributed by atoms with Crippen LogP contribution in [0.4, 0.5) is 10.6 Å². The summed E-state index contributed by atoms with van der Waals surface area (Å²) >= 11 is 0. The van der Waals surface area contributed by atoms with Crippen molar-refractivity contribution in [1.82, 2.24) is 20.0 Å². The summed E-state index contributed by atoms with van der Waals surface area (Å²) in [4.78, 5) is 25.5. The molecule has 1 aromatic heterocycles. The second-order valence-electron chi connectivity index (χ2n) is 6.47. The Morgan fingerprint density at radius 2 is 2.08 bits per heavy atom. The van der Waals surface area contributed by atoms with Crippen LogP contribution in [0.2, 0.25) is 0 Å². The highest BCUT2D eigenvalue weighted by Crippen LogP contribution is 2.21. The van der Waals surface area contributed by atoms with Crippen LogP contribution in [0.1, 0.15) is 37.8 Å². The van der Waals surface area contributed by atoms with Crippen molar-refractivity contribution in [2.24, 2.45) is 0 Å². The summed E-state index contributed by atoms with van der Waals surface area (Å²) in [7, 11) is 0. The van der Waals surface area contributed by atoms with Gasteiger partial charge < -0.3 is 10.2 Å². The molecule has 7 nitrogen and oxygen atoms in total. The average Bonchev–Trinajstić information content (AvgIpc) is 3.28. The van der Waals surface area contributed by atoms with Crippen LogP contribution in [0, 0.1) is 0 Å². The first-order valence-corrected chi connectivity index (χ1v) is 9.06. The Morgan fingerprint density at radius 1 is 1.27 bits per heavy atom. The lowest BCUT2D eigenvalue weighted by Gasteiger charge is -2.17. The van der Waals surface area contributed by atoms with Crippen molar-refractivity contribution in [3.8, 4) is 0 Å². The number of nitrogens with zero attached hydrogens (tertiary/aromatic N) is 3. The molecule has 1 aliphatic rings. The van der Waals surface area contributed by atoms with Gasteiger partial charge in [0.2, 0.25) is 5.91 Å². The van der Waals surface area contributed by atoms with E-state index in [4.69, 9.17) is 0 Å². The largest absolute Gasteiger partial charge is 0.343 e. The monoisotopic (exact) mass is 355 g/mol. The molecule has 3 amide bonds. The molecule has 2 N–H and O–H groups in total. The molecule has 1 atom stereocenters. The van der Waals surface area contributed by atoms with Gasteiger partial charge in [-0.05, 0) is 25.3 Å². The molecule has 1 aliphatic heterocycles. The van der Waals surface area contributed by atoms with Crippen LogP contribution in [0.3, 0.4) is 0 Å². The van der Waals surface area contributed by atoms with Gasteiger partial charge in [0.15, 0.2) is 0 Å². The minimum Gasteiger partial charge on any atom is -0.343 e. The van der Waals surface area contributed by atoms with Crippen LogP contribution >= 0.6 is 0 Å². The predicted molar refractivity (Wildman–Crippen MR) is 99.9 cm³/mol. The van der Waals surface area contributed by atoms with Crippen LogP contribution in [0.25, 0.3) is 0 Å². The number of carbonyl (C=O) groups excluding carboxylic acids is 2. The van der Waals surface area contributed by atoms with Gasteiger partial charge in [-0.25, -0.2) is 9.48 Å². The van der Waals surface area contributed by atoms with Gasteiger partial charge in [0.05, 0.1) is 12.2 Å². The standard InChI is InChI=1S/C19H25N5O2/c1-15(16-7-3-2-4-8-16)24-17(10-12-21-24)22-19(26)20-11-6-14-23-13-5-9-18(23)25/h2-4,7-8,10,12,15H,5-6,9,11,13-14H2,1H3,(H2,20,22,26)/t15-/m1/s1. The van der Waals surface area contributed by atoms with E-state index < -0.39 is 0 Å². The van der Waals surface area contributed by atoms with Gasteiger partial charge in [-0.3, -0.25) is 10.1 Å². The van der Waals surface area contributed by atoms with Crippen LogP contribution in [-0.4, -0.2) is 46.3 Å². The first kappa shape index (κ1) is 18.0.